The predicted molar refractivity (Wildman–Crippen MR) is 109 cm³/mol. The van der Waals surface area contributed by atoms with E-state index in [0.717, 1.165) is 44.8 Å². The number of carbonyl (C=O) groups excluding carboxylic acids is 2. The summed E-state index contributed by atoms with van der Waals surface area (Å²) in [5.74, 6) is 1.12. The lowest BCUT2D eigenvalue weighted by Gasteiger charge is -2.35. The van der Waals surface area contributed by atoms with Crippen LogP contribution in [0.15, 0.2) is 18.3 Å². The number of piperazine rings is 1. The Morgan fingerprint density at radius 2 is 1.93 bits per heavy atom. The SMILES string of the molecule is COCC(N)C(=O)Nc1ccc(N2CCN(C(=O)C3CC3)CC2)nc1.Cl.Cl. The van der Waals surface area contributed by atoms with Gasteiger partial charge in [0.15, 0.2) is 0 Å². The van der Waals surface area contributed by atoms with Crippen molar-refractivity contribution in [2.45, 2.75) is 18.9 Å². The summed E-state index contributed by atoms with van der Waals surface area (Å²) in [6.07, 6.45) is 3.71. The second-order valence-electron chi connectivity index (χ2n) is 6.54. The number of hydrogen-bond donors (Lipinski definition) is 2. The molecule has 3 N–H and O–H groups in total. The minimum Gasteiger partial charge on any atom is -0.383 e. The molecular formula is C17H27Cl2N5O3. The monoisotopic (exact) mass is 419 g/mol. The van der Waals surface area contributed by atoms with E-state index in [1.165, 1.54) is 7.11 Å². The molecule has 2 aliphatic rings. The van der Waals surface area contributed by atoms with Crippen molar-refractivity contribution in [3.05, 3.63) is 18.3 Å². The Morgan fingerprint density at radius 3 is 2.44 bits per heavy atom. The number of amides is 2. The minimum atomic E-state index is -0.707. The molecule has 0 bridgehead atoms. The molecule has 3 rings (SSSR count). The highest BCUT2D eigenvalue weighted by Crippen LogP contribution is 2.31. The topological polar surface area (TPSA) is 101 Å². The van der Waals surface area contributed by atoms with Gasteiger partial charge >= 0.3 is 0 Å². The van der Waals surface area contributed by atoms with Crippen LogP contribution < -0.4 is 16.0 Å². The standard InChI is InChI=1S/C17H25N5O3.2ClH/c1-25-11-14(18)16(23)20-13-4-5-15(19-10-13)21-6-8-22(9-7-21)17(24)12-2-3-12;;/h4-5,10,12,14H,2-3,6-9,11,18H2,1H3,(H,20,23);2*1H. The van der Waals surface area contributed by atoms with Crippen LogP contribution in [-0.4, -0.2) is 67.6 Å². The number of halogens is 2. The number of anilines is 2. The van der Waals surface area contributed by atoms with E-state index in [4.69, 9.17) is 10.5 Å². The maximum absolute atomic E-state index is 12.1. The average molecular weight is 420 g/mol. The van der Waals surface area contributed by atoms with E-state index >= 15 is 0 Å². The number of carbonyl (C=O) groups is 2. The van der Waals surface area contributed by atoms with Crippen molar-refractivity contribution < 1.29 is 14.3 Å². The number of aromatic nitrogens is 1. The third-order valence-corrected chi connectivity index (χ3v) is 4.54. The van der Waals surface area contributed by atoms with Gasteiger partial charge in [-0.25, -0.2) is 4.98 Å². The summed E-state index contributed by atoms with van der Waals surface area (Å²) in [6, 6.07) is 2.97. The number of hydrogen-bond acceptors (Lipinski definition) is 6. The molecule has 2 amide bonds. The first-order valence-electron chi connectivity index (χ1n) is 8.63. The van der Waals surface area contributed by atoms with Crippen LogP contribution in [0, 0.1) is 5.92 Å². The third kappa shape index (κ3) is 6.21. The van der Waals surface area contributed by atoms with E-state index in [-0.39, 0.29) is 43.2 Å². The van der Waals surface area contributed by atoms with Gasteiger partial charge in [0.25, 0.3) is 0 Å². The highest BCUT2D eigenvalue weighted by atomic mass is 35.5. The fourth-order valence-corrected chi connectivity index (χ4v) is 2.88. The molecule has 1 saturated heterocycles. The van der Waals surface area contributed by atoms with Crippen LogP contribution in [0.4, 0.5) is 11.5 Å². The molecule has 1 aromatic rings. The molecule has 8 nitrogen and oxygen atoms in total. The van der Waals surface area contributed by atoms with Gasteiger partial charge < -0.3 is 25.6 Å². The van der Waals surface area contributed by atoms with E-state index in [2.05, 4.69) is 15.2 Å². The highest BCUT2D eigenvalue weighted by Gasteiger charge is 2.34. The fraction of sp³-hybridized carbons (Fsp3) is 0.588. The van der Waals surface area contributed by atoms with E-state index in [1.54, 1.807) is 6.20 Å². The van der Waals surface area contributed by atoms with E-state index < -0.39 is 6.04 Å². The zero-order valence-electron chi connectivity index (χ0n) is 15.3. The summed E-state index contributed by atoms with van der Waals surface area (Å²) in [7, 11) is 1.50. The highest BCUT2D eigenvalue weighted by molar-refractivity contribution is 5.94. The lowest BCUT2D eigenvalue weighted by atomic mass is 10.2. The van der Waals surface area contributed by atoms with E-state index in [1.807, 2.05) is 17.0 Å². The molecule has 1 aromatic heterocycles. The summed E-state index contributed by atoms with van der Waals surface area (Å²) in [4.78, 5) is 32.5. The molecule has 0 spiro atoms. The molecule has 152 valence electrons. The zero-order chi connectivity index (χ0) is 17.8. The van der Waals surface area contributed by atoms with Crippen LogP contribution in [0.1, 0.15) is 12.8 Å². The van der Waals surface area contributed by atoms with Gasteiger partial charge in [0.1, 0.15) is 11.9 Å². The maximum atomic E-state index is 12.1. The van der Waals surface area contributed by atoms with Crippen molar-refractivity contribution in [1.82, 2.24) is 9.88 Å². The van der Waals surface area contributed by atoms with Gasteiger partial charge in [0.05, 0.1) is 18.5 Å². The average Bonchev–Trinajstić information content (AvgIpc) is 3.47. The van der Waals surface area contributed by atoms with Crippen LogP contribution in [0.25, 0.3) is 0 Å². The Bertz CT molecular complexity index is 619. The van der Waals surface area contributed by atoms with Gasteiger partial charge in [-0.05, 0) is 25.0 Å². The largest absolute Gasteiger partial charge is 0.383 e. The molecular weight excluding hydrogens is 393 g/mol. The quantitative estimate of drug-likeness (QED) is 0.709. The molecule has 0 radical (unpaired) electrons. The lowest BCUT2D eigenvalue weighted by Crippen LogP contribution is -2.49. The van der Waals surface area contributed by atoms with Gasteiger partial charge in [-0.3, -0.25) is 9.59 Å². The number of ether oxygens (including phenoxy) is 1. The molecule has 1 saturated carbocycles. The Balaban J connectivity index is 0.00000182. The molecule has 2 heterocycles. The smallest absolute Gasteiger partial charge is 0.243 e. The van der Waals surface area contributed by atoms with Gasteiger partial charge in [-0.1, -0.05) is 0 Å². The Hall–Kier alpha value is -1.61. The second-order valence-corrected chi connectivity index (χ2v) is 6.54. The van der Waals surface area contributed by atoms with Crippen molar-refractivity contribution >= 4 is 48.1 Å². The summed E-state index contributed by atoms with van der Waals surface area (Å²) in [5, 5.41) is 2.72. The molecule has 2 fully saturated rings. The van der Waals surface area contributed by atoms with Crippen LogP contribution in [0.3, 0.4) is 0 Å². The molecule has 1 aliphatic carbocycles. The molecule has 10 heteroatoms. The van der Waals surface area contributed by atoms with E-state index in [0.29, 0.717) is 11.6 Å². The summed E-state index contributed by atoms with van der Waals surface area (Å²) < 4.78 is 4.87. The summed E-state index contributed by atoms with van der Waals surface area (Å²) in [5.41, 5.74) is 6.29. The summed E-state index contributed by atoms with van der Waals surface area (Å²) >= 11 is 0. The molecule has 1 unspecified atom stereocenters. The number of methoxy groups -OCH3 is 1. The molecule has 0 aromatic carbocycles. The van der Waals surface area contributed by atoms with Gasteiger partial charge in [-0.2, -0.15) is 0 Å². The van der Waals surface area contributed by atoms with Crippen LogP contribution in [0.5, 0.6) is 0 Å². The van der Waals surface area contributed by atoms with E-state index in [9.17, 15) is 9.59 Å². The Kier molecular flexibility index (Phi) is 9.25. The number of rotatable bonds is 6. The Labute approximate surface area is 171 Å². The maximum Gasteiger partial charge on any atom is 0.243 e. The minimum absolute atomic E-state index is 0. The van der Waals surface area contributed by atoms with Gasteiger partial charge in [0.2, 0.25) is 11.8 Å². The number of pyridine rings is 1. The number of nitrogens with one attached hydrogen (secondary N) is 1. The first kappa shape index (κ1) is 23.4. The number of nitrogens with zero attached hydrogens (tertiary/aromatic N) is 3. The van der Waals surface area contributed by atoms with Crippen LogP contribution >= 0.6 is 24.8 Å². The number of nitrogens with two attached hydrogens (primary N) is 1. The van der Waals surface area contributed by atoms with Crippen molar-refractivity contribution in [3.8, 4) is 0 Å². The lowest BCUT2D eigenvalue weighted by molar-refractivity contribution is -0.132. The van der Waals surface area contributed by atoms with Crippen molar-refractivity contribution in [1.29, 1.82) is 0 Å². The summed E-state index contributed by atoms with van der Waals surface area (Å²) in [6.45, 7) is 3.19. The van der Waals surface area contributed by atoms with Crippen molar-refractivity contribution in [3.63, 3.8) is 0 Å². The van der Waals surface area contributed by atoms with Gasteiger partial charge in [0, 0.05) is 39.2 Å². The fourth-order valence-electron chi connectivity index (χ4n) is 2.88. The van der Waals surface area contributed by atoms with Crippen LogP contribution in [0.2, 0.25) is 0 Å². The Morgan fingerprint density at radius 1 is 1.26 bits per heavy atom. The normalized spacial score (nSPS) is 17.4. The zero-order valence-corrected chi connectivity index (χ0v) is 16.9. The van der Waals surface area contributed by atoms with Crippen molar-refractivity contribution in [2.75, 3.05) is 50.1 Å². The predicted octanol–water partition coefficient (Wildman–Crippen LogP) is 0.896. The third-order valence-electron chi connectivity index (χ3n) is 4.54. The van der Waals surface area contributed by atoms with Crippen molar-refractivity contribution in [2.24, 2.45) is 11.7 Å². The first-order valence-corrected chi connectivity index (χ1v) is 8.63. The molecule has 1 atom stereocenters. The van der Waals surface area contributed by atoms with Crippen LogP contribution in [-0.2, 0) is 14.3 Å². The first-order chi connectivity index (χ1) is 12.1. The van der Waals surface area contributed by atoms with Gasteiger partial charge in [-0.15, -0.1) is 24.8 Å². The molecule has 1 aliphatic heterocycles. The molecule has 27 heavy (non-hydrogen) atoms. The second kappa shape index (κ2) is 10.7.